The van der Waals surface area contributed by atoms with Crippen LogP contribution in [0.1, 0.15) is 41.5 Å². The maximum atomic E-state index is 12.4. The molecule has 2 amide bonds. The molecule has 1 aliphatic rings. The zero-order valence-corrected chi connectivity index (χ0v) is 13.0. The molecule has 1 heterocycles. The molecule has 0 radical (unpaired) electrons. The van der Waals surface area contributed by atoms with Crippen molar-refractivity contribution in [3.05, 3.63) is 0 Å². The van der Waals surface area contributed by atoms with Gasteiger partial charge in [0.2, 0.25) is 11.8 Å². The Morgan fingerprint density at radius 2 is 1.78 bits per heavy atom. The number of amides is 2. The van der Waals surface area contributed by atoms with Gasteiger partial charge in [-0.15, -0.1) is 0 Å². The second kappa shape index (κ2) is 5.11. The van der Waals surface area contributed by atoms with Crippen molar-refractivity contribution < 1.29 is 9.59 Å². The van der Waals surface area contributed by atoms with Crippen LogP contribution in [0, 0.1) is 0 Å². The zero-order valence-electron chi connectivity index (χ0n) is 12.2. The topological polar surface area (TPSA) is 49.4 Å². The van der Waals surface area contributed by atoms with Gasteiger partial charge in [-0.05, 0) is 32.9 Å². The van der Waals surface area contributed by atoms with Crippen LogP contribution in [-0.4, -0.2) is 45.3 Å². The highest BCUT2D eigenvalue weighted by Crippen LogP contribution is 2.26. The molecule has 0 atom stereocenters. The first-order valence-corrected chi connectivity index (χ1v) is 7.40. The van der Waals surface area contributed by atoms with E-state index >= 15 is 0 Å². The average Bonchev–Trinajstić information content (AvgIpc) is 2.20. The van der Waals surface area contributed by atoms with Crippen LogP contribution in [0.4, 0.5) is 0 Å². The minimum atomic E-state index is -0.797. The van der Waals surface area contributed by atoms with Crippen molar-refractivity contribution in [2.45, 2.75) is 57.9 Å². The summed E-state index contributed by atoms with van der Waals surface area (Å²) in [5.74, 6) is 0.772. The minimum Gasteiger partial charge on any atom is -0.340 e. The molecule has 0 unspecified atom stereocenters. The number of nitrogens with one attached hydrogen (secondary N) is 1. The second-order valence-corrected chi connectivity index (χ2v) is 7.70. The summed E-state index contributed by atoms with van der Waals surface area (Å²) in [6, 6.07) is 0. The number of piperazine rings is 1. The normalized spacial score (nSPS) is 22.3. The molecule has 0 aromatic rings. The summed E-state index contributed by atoms with van der Waals surface area (Å²) in [7, 11) is 0. The Bertz CT molecular complexity index is 351. The molecule has 0 aliphatic carbocycles. The summed E-state index contributed by atoms with van der Waals surface area (Å²) < 4.78 is 0. The number of hydrogen-bond donors (Lipinski definition) is 1. The third-order valence-electron chi connectivity index (χ3n) is 3.20. The highest BCUT2D eigenvalue weighted by atomic mass is 32.2. The van der Waals surface area contributed by atoms with Crippen molar-refractivity contribution in [3.8, 4) is 0 Å². The molecule has 18 heavy (non-hydrogen) atoms. The van der Waals surface area contributed by atoms with Crippen LogP contribution < -0.4 is 5.32 Å². The summed E-state index contributed by atoms with van der Waals surface area (Å²) in [5, 5.41) is 3.32. The fourth-order valence-electron chi connectivity index (χ4n) is 1.96. The van der Waals surface area contributed by atoms with Crippen LogP contribution in [0.25, 0.3) is 0 Å². The SMILES string of the molecule is CC(C)SCCN1C(=O)C(C)(C)NC(=O)C1(C)C. The minimum absolute atomic E-state index is 0.00328. The molecule has 1 N–H and O–H groups in total. The lowest BCUT2D eigenvalue weighted by molar-refractivity contribution is -0.159. The van der Waals surface area contributed by atoms with Gasteiger partial charge in [-0.2, -0.15) is 11.8 Å². The first-order chi connectivity index (χ1) is 8.09. The molecule has 5 heteroatoms. The third kappa shape index (κ3) is 2.99. The van der Waals surface area contributed by atoms with Gasteiger partial charge in [0.25, 0.3) is 0 Å². The predicted octanol–water partition coefficient (Wildman–Crippen LogP) is 1.64. The molecule has 104 valence electrons. The van der Waals surface area contributed by atoms with E-state index in [0.717, 1.165) is 5.75 Å². The van der Waals surface area contributed by atoms with E-state index in [-0.39, 0.29) is 11.8 Å². The van der Waals surface area contributed by atoms with E-state index in [1.54, 1.807) is 44.4 Å². The van der Waals surface area contributed by atoms with E-state index in [1.807, 2.05) is 0 Å². The Balaban J connectivity index is 2.82. The lowest BCUT2D eigenvalue weighted by atomic mass is 9.90. The predicted molar refractivity (Wildman–Crippen MR) is 75.6 cm³/mol. The van der Waals surface area contributed by atoms with Gasteiger partial charge < -0.3 is 10.2 Å². The van der Waals surface area contributed by atoms with Gasteiger partial charge in [-0.3, -0.25) is 9.59 Å². The zero-order chi connectivity index (χ0) is 14.1. The van der Waals surface area contributed by atoms with Crippen LogP contribution in [-0.2, 0) is 9.59 Å². The van der Waals surface area contributed by atoms with Crippen LogP contribution in [0.3, 0.4) is 0 Å². The van der Waals surface area contributed by atoms with Crippen molar-refractivity contribution in [1.29, 1.82) is 0 Å². The van der Waals surface area contributed by atoms with E-state index in [1.165, 1.54) is 0 Å². The lowest BCUT2D eigenvalue weighted by Crippen LogP contribution is -2.72. The molecule has 4 nitrogen and oxygen atoms in total. The van der Waals surface area contributed by atoms with Crippen LogP contribution in [0.5, 0.6) is 0 Å². The number of hydrogen-bond acceptors (Lipinski definition) is 3. The highest BCUT2D eigenvalue weighted by Gasteiger charge is 2.49. The second-order valence-electron chi connectivity index (χ2n) is 6.01. The van der Waals surface area contributed by atoms with Gasteiger partial charge in [-0.1, -0.05) is 13.8 Å². The van der Waals surface area contributed by atoms with Crippen molar-refractivity contribution in [1.82, 2.24) is 10.2 Å². The molecule has 0 saturated carbocycles. The molecule has 0 aromatic heterocycles. The maximum absolute atomic E-state index is 12.4. The average molecular weight is 272 g/mol. The van der Waals surface area contributed by atoms with E-state index < -0.39 is 11.1 Å². The fraction of sp³-hybridized carbons (Fsp3) is 0.846. The monoisotopic (exact) mass is 272 g/mol. The Morgan fingerprint density at radius 3 is 2.28 bits per heavy atom. The smallest absolute Gasteiger partial charge is 0.248 e. The van der Waals surface area contributed by atoms with Gasteiger partial charge >= 0.3 is 0 Å². The standard InChI is InChI=1S/C13H24N2O2S/c1-9(2)18-8-7-15-11(17)12(3,4)14-10(16)13(15,5)6/h9H,7-8H2,1-6H3,(H,14,16). The Hall–Kier alpha value is -0.710. The molecule has 1 rings (SSSR count). The first-order valence-electron chi connectivity index (χ1n) is 6.35. The van der Waals surface area contributed by atoms with Crippen LogP contribution in [0.2, 0.25) is 0 Å². The Morgan fingerprint density at radius 1 is 1.22 bits per heavy atom. The quantitative estimate of drug-likeness (QED) is 0.846. The summed E-state index contributed by atoms with van der Waals surface area (Å²) in [5.41, 5.74) is -1.56. The highest BCUT2D eigenvalue weighted by molar-refractivity contribution is 7.99. The molecule has 0 spiro atoms. The summed E-state index contributed by atoms with van der Waals surface area (Å²) in [6.45, 7) is 12.0. The third-order valence-corrected chi connectivity index (χ3v) is 4.29. The molecule has 0 aromatic carbocycles. The fourth-order valence-corrected chi connectivity index (χ4v) is 2.72. The van der Waals surface area contributed by atoms with Crippen LogP contribution >= 0.6 is 11.8 Å². The summed E-state index contributed by atoms with van der Waals surface area (Å²) in [4.78, 5) is 26.2. The number of nitrogens with zero attached hydrogens (tertiary/aromatic N) is 1. The van der Waals surface area contributed by atoms with E-state index in [0.29, 0.717) is 11.8 Å². The van der Waals surface area contributed by atoms with Crippen molar-refractivity contribution in [3.63, 3.8) is 0 Å². The number of rotatable bonds is 4. The van der Waals surface area contributed by atoms with E-state index in [2.05, 4.69) is 19.2 Å². The van der Waals surface area contributed by atoms with E-state index in [9.17, 15) is 9.59 Å². The molecule has 0 bridgehead atoms. The van der Waals surface area contributed by atoms with Gasteiger partial charge in [0.05, 0.1) is 0 Å². The molecule has 1 fully saturated rings. The Labute approximate surface area is 114 Å². The molecular weight excluding hydrogens is 248 g/mol. The van der Waals surface area contributed by atoms with Crippen LogP contribution in [0.15, 0.2) is 0 Å². The summed E-state index contributed by atoms with van der Waals surface area (Å²) >= 11 is 1.80. The first kappa shape index (κ1) is 15.3. The van der Waals surface area contributed by atoms with Gasteiger partial charge in [0.15, 0.2) is 0 Å². The Kier molecular flexibility index (Phi) is 4.36. The lowest BCUT2D eigenvalue weighted by Gasteiger charge is -2.47. The van der Waals surface area contributed by atoms with Gasteiger partial charge in [0, 0.05) is 12.3 Å². The van der Waals surface area contributed by atoms with Gasteiger partial charge in [0.1, 0.15) is 11.1 Å². The number of carbonyl (C=O) groups is 2. The number of carbonyl (C=O) groups excluding carboxylic acids is 2. The molecule has 1 saturated heterocycles. The van der Waals surface area contributed by atoms with Gasteiger partial charge in [-0.25, -0.2) is 0 Å². The number of thioether (sulfide) groups is 1. The van der Waals surface area contributed by atoms with Crippen molar-refractivity contribution in [2.75, 3.05) is 12.3 Å². The maximum Gasteiger partial charge on any atom is 0.248 e. The van der Waals surface area contributed by atoms with Crippen molar-refractivity contribution >= 4 is 23.6 Å². The molecular formula is C13H24N2O2S. The summed E-state index contributed by atoms with van der Waals surface area (Å²) in [6.07, 6.45) is 0. The molecule has 1 aliphatic heterocycles. The largest absolute Gasteiger partial charge is 0.340 e. The van der Waals surface area contributed by atoms with E-state index in [4.69, 9.17) is 0 Å². The van der Waals surface area contributed by atoms with Crippen molar-refractivity contribution in [2.24, 2.45) is 0 Å².